The number of benzene rings is 2. The van der Waals surface area contributed by atoms with Crippen molar-refractivity contribution in [2.75, 3.05) is 28.6 Å². The molecule has 2 rings (SSSR count). The zero-order valence-electron chi connectivity index (χ0n) is 15.7. The molecule has 1 unspecified atom stereocenters. The lowest BCUT2D eigenvalue weighted by atomic mass is 9.99. The van der Waals surface area contributed by atoms with Crippen molar-refractivity contribution in [1.82, 2.24) is 0 Å². The van der Waals surface area contributed by atoms with E-state index in [0.717, 1.165) is 30.9 Å². The summed E-state index contributed by atoms with van der Waals surface area (Å²) in [5, 5.41) is 7.09. The zero-order valence-corrected chi connectivity index (χ0v) is 16.5. The average molecular weight is 356 g/mol. The van der Waals surface area contributed by atoms with E-state index < -0.39 is 0 Å². The molecule has 0 aliphatic carbocycles. The van der Waals surface area contributed by atoms with Gasteiger partial charge in [-0.3, -0.25) is 0 Å². The lowest BCUT2D eigenvalue weighted by Crippen LogP contribution is -2.22. The van der Waals surface area contributed by atoms with Gasteiger partial charge in [0.15, 0.2) is 5.11 Å². The summed E-state index contributed by atoms with van der Waals surface area (Å²) in [5.41, 5.74) is 4.59. The molecule has 2 aromatic rings. The zero-order chi connectivity index (χ0) is 18.2. The summed E-state index contributed by atoms with van der Waals surface area (Å²) in [6, 6.07) is 16.9. The number of hydrogen-bond acceptors (Lipinski definition) is 2. The number of hydrogen-bond donors (Lipinski definition) is 2. The predicted molar refractivity (Wildman–Crippen MR) is 115 cm³/mol. The van der Waals surface area contributed by atoms with Crippen LogP contribution in [0.3, 0.4) is 0 Å². The molecule has 0 aliphatic heterocycles. The van der Waals surface area contributed by atoms with Gasteiger partial charge < -0.3 is 15.5 Å². The van der Waals surface area contributed by atoms with Gasteiger partial charge in [-0.25, -0.2) is 0 Å². The van der Waals surface area contributed by atoms with E-state index in [4.69, 9.17) is 12.2 Å². The number of thiocarbonyl (C=S) groups is 1. The van der Waals surface area contributed by atoms with Crippen LogP contribution < -0.4 is 15.5 Å². The molecule has 2 N–H and O–H groups in total. The number of anilines is 3. The van der Waals surface area contributed by atoms with E-state index in [-0.39, 0.29) is 0 Å². The first-order valence-electron chi connectivity index (χ1n) is 9.10. The Balaban J connectivity index is 1.93. The van der Waals surface area contributed by atoms with Crippen LogP contribution in [0.1, 0.15) is 45.6 Å². The van der Waals surface area contributed by atoms with Gasteiger partial charge in [0.05, 0.1) is 0 Å². The molecular formula is C21H29N3S. The van der Waals surface area contributed by atoms with E-state index in [0.29, 0.717) is 11.0 Å². The molecule has 0 saturated heterocycles. The minimum absolute atomic E-state index is 0.587. The Labute approximate surface area is 157 Å². The number of nitrogens with one attached hydrogen (secondary N) is 2. The van der Waals surface area contributed by atoms with Gasteiger partial charge in [-0.05, 0) is 80.4 Å². The van der Waals surface area contributed by atoms with Crippen LogP contribution in [0.5, 0.6) is 0 Å². The van der Waals surface area contributed by atoms with Crippen LogP contribution in [0, 0.1) is 0 Å². The summed E-state index contributed by atoms with van der Waals surface area (Å²) in [6.07, 6.45) is 1.15. The van der Waals surface area contributed by atoms with Crippen LogP contribution in [-0.4, -0.2) is 18.2 Å². The van der Waals surface area contributed by atoms with Crippen molar-refractivity contribution < 1.29 is 0 Å². The van der Waals surface area contributed by atoms with Crippen molar-refractivity contribution in [2.24, 2.45) is 0 Å². The van der Waals surface area contributed by atoms with Gasteiger partial charge in [-0.1, -0.05) is 26.0 Å². The summed E-state index contributed by atoms with van der Waals surface area (Å²) in [5.74, 6) is 0.587. The Morgan fingerprint density at radius 2 is 1.36 bits per heavy atom. The monoisotopic (exact) mass is 355 g/mol. The maximum absolute atomic E-state index is 5.42. The quantitative estimate of drug-likeness (QED) is 0.609. The Kier molecular flexibility index (Phi) is 7.26. The number of nitrogens with zero attached hydrogens (tertiary/aromatic N) is 1. The van der Waals surface area contributed by atoms with Crippen LogP contribution in [0.15, 0.2) is 48.5 Å². The third-order valence-electron chi connectivity index (χ3n) is 4.60. The SMILES string of the molecule is CCC(C)c1ccc(NC(=S)Nc2ccc(N(CC)CC)cc2)cc1. The summed E-state index contributed by atoms with van der Waals surface area (Å²) < 4.78 is 0. The predicted octanol–water partition coefficient (Wildman–Crippen LogP) is 5.86. The van der Waals surface area contributed by atoms with Gasteiger partial charge in [-0.15, -0.1) is 0 Å². The Bertz CT molecular complexity index is 661. The first kappa shape index (κ1) is 19.3. The van der Waals surface area contributed by atoms with Gasteiger partial charge in [-0.2, -0.15) is 0 Å². The molecule has 25 heavy (non-hydrogen) atoms. The van der Waals surface area contributed by atoms with Crippen LogP contribution in [-0.2, 0) is 0 Å². The molecule has 1 atom stereocenters. The first-order chi connectivity index (χ1) is 12.1. The molecule has 0 bridgehead atoms. The highest BCUT2D eigenvalue weighted by Crippen LogP contribution is 2.21. The largest absolute Gasteiger partial charge is 0.372 e. The van der Waals surface area contributed by atoms with Crippen molar-refractivity contribution >= 4 is 34.4 Å². The summed E-state index contributed by atoms with van der Waals surface area (Å²) in [4.78, 5) is 2.32. The Morgan fingerprint density at radius 1 is 0.880 bits per heavy atom. The molecule has 0 saturated carbocycles. The van der Waals surface area contributed by atoms with Gasteiger partial charge in [0, 0.05) is 30.2 Å². The molecule has 0 heterocycles. The minimum atomic E-state index is 0.587. The Hall–Kier alpha value is -2.07. The van der Waals surface area contributed by atoms with Gasteiger partial charge in [0.25, 0.3) is 0 Å². The molecule has 0 spiro atoms. The van der Waals surface area contributed by atoms with Crippen molar-refractivity contribution in [3.8, 4) is 0 Å². The maximum Gasteiger partial charge on any atom is 0.175 e. The highest BCUT2D eigenvalue weighted by molar-refractivity contribution is 7.80. The molecule has 4 heteroatoms. The smallest absolute Gasteiger partial charge is 0.175 e. The molecular weight excluding hydrogens is 326 g/mol. The first-order valence-corrected chi connectivity index (χ1v) is 9.51. The normalized spacial score (nSPS) is 11.7. The van der Waals surface area contributed by atoms with Gasteiger partial charge in [0.1, 0.15) is 0 Å². The van der Waals surface area contributed by atoms with Crippen LogP contribution >= 0.6 is 12.2 Å². The molecule has 2 aromatic carbocycles. The lowest BCUT2D eigenvalue weighted by molar-refractivity contribution is 0.734. The third-order valence-corrected chi connectivity index (χ3v) is 4.81. The van der Waals surface area contributed by atoms with E-state index in [1.807, 2.05) is 0 Å². The third kappa shape index (κ3) is 5.46. The fourth-order valence-corrected chi connectivity index (χ4v) is 3.00. The number of rotatable bonds is 7. The molecule has 0 aromatic heterocycles. The van der Waals surface area contributed by atoms with Gasteiger partial charge >= 0.3 is 0 Å². The second kappa shape index (κ2) is 9.42. The second-order valence-corrected chi connectivity index (χ2v) is 6.64. The summed E-state index contributed by atoms with van der Waals surface area (Å²) in [7, 11) is 0. The van der Waals surface area contributed by atoms with E-state index in [1.165, 1.54) is 11.3 Å². The van der Waals surface area contributed by atoms with Crippen LogP contribution in [0.4, 0.5) is 17.1 Å². The lowest BCUT2D eigenvalue weighted by Gasteiger charge is -2.21. The fraction of sp³-hybridized carbons (Fsp3) is 0.381. The van der Waals surface area contributed by atoms with E-state index >= 15 is 0 Å². The van der Waals surface area contributed by atoms with E-state index in [9.17, 15) is 0 Å². The van der Waals surface area contributed by atoms with E-state index in [2.05, 4.69) is 91.8 Å². The van der Waals surface area contributed by atoms with E-state index in [1.54, 1.807) is 0 Å². The molecule has 3 nitrogen and oxygen atoms in total. The molecule has 0 amide bonds. The van der Waals surface area contributed by atoms with Crippen molar-refractivity contribution in [3.63, 3.8) is 0 Å². The minimum Gasteiger partial charge on any atom is -0.372 e. The maximum atomic E-state index is 5.42. The Morgan fingerprint density at radius 3 is 1.80 bits per heavy atom. The van der Waals surface area contributed by atoms with Gasteiger partial charge in [0.2, 0.25) is 0 Å². The highest BCUT2D eigenvalue weighted by Gasteiger charge is 2.05. The molecule has 134 valence electrons. The topological polar surface area (TPSA) is 27.3 Å². The highest BCUT2D eigenvalue weighted by atomic mass is 32.1. The van der Waals surface area contributed by atoms with Crippen LogP contribution in [0.2, 0.25) is 0 Å². The van der Waals surface area contributed by atoms with Crippen molar-refractivity contribution in [2.45, 2.75) is 40.0 Å². The summed E-state index contributed by atoms with van der Waals surface area (Å²) in [6.45, 7) is 10.8. The van der Waals surface area contributed by atoms with Crippen molar-refractivity contribution in [3.05, 3.63) is 54.1 Å². The average Bonchev–Trinajstić information content (AvgIpc) is 2.64. The summed E-state index contributed by atoms with van der Waals surface area (Å²) >= 11 is 5.42. The second-order valence-electron chi connectivity index (χ2n) is 6.23. The molecule has 0 aliphatic rings. The molecule has 0 fully saturated rings. The van der Waals surface area contributed by atoms with Crippen LogP contribution in [0.25, 0.3) is 0 Å². The fourth-order valence-electron chi connectivity index (χ4n) is 2.77. The standard InChI is InChI=1S/C21H29N3S/c1-5-16(4)17-8-10-18(11-9-17)22-21(25)23-19-12-14-20(15-13-19)24(6-2)7-3/h8-16H,5-7H2,1-4H3,(H2,22,23,25). The molecule has 0 radical (unpaired) electrons. The van der Waals surface area contributed by atoms with Crippen molar-refractivity contribution in [1.29, 1.82) is 0 Å².